The van der Waals surface area contributed by atoms with Gasteiger partial charge in [0.25, 0.3) is 5.91 Å². The molecule has 0 aliphatic carbocycles. The Balaban J connectivity index is 1.47. The van der Waals surface area contributed by atoms with Gasteiger partial charge in [-0.1, -0.05) is 29.8 Å². The Labute approximate surface area is 161 Å². The number of carbonyl (C=O) groups is 3. The molecule has 146 valence electrons. The van der Waals surface area contributed by atoms with Crippen LogP contribution in [0.4, 0.5) is 10.1 Å². The summed E-state index contributed by atoms with van der Waals surface area (Å²) in [5.41, 5.74) is 6.30. The van der Waals surface area contributed by atoms with Gasteiger partial charge in [-0.25, -0.2) is 4.39 Å². The maximum atomic E-state index is 13.4. The predicted molar refractivity (Wildman–Crippen MR) is 99.8 cm³/mol. The molecule has 3 amide bonds. The van der Waals surface area contributed by atoms with Crippen molar-refractivity contribution < 1.29 is 23.5 Å². The van der Waals surface area contributed by atoms with Crippen LogP contribution in [0.1, 0.15) is 12.0 Å². The molecule has 1 fully saturated rings. The van der Waals surface area contributed by atoms with E-state index in [1.54, 1.807) is 11.0 Å². The van der Waals surface area contributed by atoms with E-state index in [1.807, 2.05) is 31.2 Å². The van der Waals surface area contributed by atoms with Crippen molar-refractivity contribution in [3.8, 4) is 5.75 Å². The number of nitrogens with one attached hydrogen (secondary N) is 2. The minimum absolute atomic E-state index is 0.0564. The lowest BCUT2D eigenvalue weighted by Gasteiger charge is -2.17. The van der Waals surface area contributed by atoms with Crippen molar-refractivity contribution in [1.82, 2.24) is 10.9 Å². The van der Waals surface area contributed by atoms with Crippen molar-refractivity contribution in [3.05, 3.63) is 59.9 Å². The summed E-state index contributed by atoms with van der Waals surface area (Å²) in [5, 5.41) is 0. The molecule has 0 radical (unpaired) electrons. The molecule has 1 atom stereocenters. The summed E-state index contributed by atoms with van der Waals surface area (Å²) >= 11 is 0. The highest BCUT2D eigenvalue weighted by Gasteiger charge is 2.35. The fourth-order valence-corrected chi connectivity index (χ4v) is 2.83. The SMILES string of the molecule is Cc1ccc(N2C[C@H](C(=O)NNC(=O)COc3ccccc3F)CC2=O)cc1. The third-order valence-electron chi connectivity index (χ3n) is 4.36. The molecule has 0 spiro atoms. The first-order valence-corrected chi connectivity index (χ1v) is 8.77. The van der Waals surface area contributed by atoms with Gasteiger partial charge in [-0.05, 0) is 31.2 Å². The molecular formula is C20H20FN3O4. The summed E-state index contributed by atoms with van der Waals surface area (Å²) in [4.78, 5) is 37.8. The van der Waals surface area contributed by atoms with Crippen molar-refractivity contribution >= 4 is 23.4 Å². The van der Waals surface area contributed by atoms with Gasteiger partial charge in [0.1, 0.15) is 0 Å². The minimum Gasteiger partial charge on any atom is -0.481 e. The molecule has 3 rings (SSSR count). The number of nitrogens with zero attached hydrogens (tertiary/aromatic N) is 1. The Morgan fingerprint density at radius 1 is 1.14 bits per heavy atom. The average Bonchev–Trinajstić information content (AvgIpc) is 3.08. The molecule has 8 heteroatoms. The first kappa shape index (κ1) is 19.3. The quantitative estimate of drug-likeness (QED) is 0.767. The number of hydrogen-bond acceptors (Lipinski definition) is 4. The Kier molecular flexibility index (Phi) is 5.88. The number of hydrogen-bond donors (Lipinski definition) is 2. The fourth-order valence-electron chi connectivity index (χ4n) is 2.83. The van der Waals surface area contributed by atoms with E-state index in [0.717, 1.165) is 11.3 Å². The molecule has 0 aromatic heterocycles. The standard InChI is InChI=1S/C20H20FN3O4/c1-13-6-8-15(9-7-13)24-11-14(10-19(24)26)20(27)23-22-18(25)12-28-17-5-3-2-4-16(17)21/h2-9,14H,10-12H2,1H3,(H,22,25)(H,23,27)/t14-/m1/s1. The van der Waals surface area contributed by atoms with Gasteiger partial charge < -0.3 is 9.64 Å². The van der Waals surface area contributed by atoms with Crippen LogP contribution in [-0.2, 0) is 14.4 Å². The van der Waals surface area contributed by atoms with Gasteiger partial charge in [-0.2, -0.15) is 0 Å². The van der Waals surface area contributed by atoms with E-state index >= 15 is 0 Å². The smallest absolute Gasteiger partial charge is 0.276 e. The van der Waals surface area contributed by atoms with Crippen LogP contribution >= 0.6 is 0 Å². The van der Waals surface area contributed by atoms with E-state index in [1.165, 1.54) is 18.2 Å². The molecule has 7 nitrogen and oxygen atoms in total. The van der Waals surface area contributed by atoms with E-state index in [4.69, 9.17) is 4.74 Å². The van der Waals surface area contributed by atoms with E-state index in [9.17, 15) is 18.8 Å². The van der Waals surface area contributed by atoms with Gasteiger partial charge in [-0.15, -0.1) is 0 Å². The van der Waals surface area contributed by atoms with Crippen LogP contribution in [-0.4, -0.2) is 30.9 Å². The molecule has 1 aliphatic heterocycles. The van der Waals surface area contributed by atoms with Gasteiger partial charge in [0.05, 0.1) is 5.92 Å². The van der Waals surface area contributed by atoms with Crippen molar-refractivity contribution in [2.24, 2.45) is 5.92 Å². The highest BCUT2D eigenvalue weighted by atomic mass is 19.1. The molecule has 2 N–H and O–H groups in total. The topological polar surface area (TPSA) is 87.7 Å². The minimum atomic E-state index is -0.642. The van der Waals surface area contributed by atoms with E-state index in [2.05, 4.69) is 10.9 Å². The zero-order valence-corrected chi connectivity index (χ0v) is 15.3. The van der Waals surface area contributed by atoms with Gasteiger partial charge in [-0.3, -0.25) is 25.2 Å². The number of hydrazine groups is 1. The normalized spacial score (nSPS) is 16.0. The largest absolute Gasteiger partial charge is 0.481 e. The van der Waals surface area contributed by atoms with Crippen molar-refractivity contribution in [1.29, 1.82) is 0 Å². The maximum absolute atomic E-state index is 13.4. The van der Waals surface area contributed by atoms with Gasteiger partial charge >= 0.3 is 0 Å². The molecule has 1 saturated heterocycles. The number of amides is 3. The summed E-state index contributed by atoms with van der Waals surface area (Å²) in [7, 11) is 0. The number of aryl methyl sites for hydroxylation is 1. The van der Waals surface area contributed by atoms with Crippen LogP contribution in [0, 0.1) is 18.7 Å². The number of halogens is 1. The summed E-state index contributed by atoms with van der Waals surface area (Å²) in [5.74, 6) is -2.49. The van der Waals surface area contributed by atoms with Gasteiger partial charge in [0, 0.05) is 18.7 Å². The summed E-state index contributed by atoms with van der Waals surface area (Å²) in [6, 6.07) is 13.1. The monoisotopic (exact) mass is 385 g/mol. The Morgan fingerprint density at radius 2 is 1.86 bits per heavy atom. The number of benzene rings is 2. The van der Waals surface area contributed by atoms with Crippen molar-refractivity contribution in [3.63, 3.8) is 0 Å². The molecule has 1 heterocycles. The molecule has 0 unspecified atom stereocenters. The van der Waals surface area contributed by atoms with Crippen LogP contribution in [0.25, 0.3) is 0 Å². The lowest BCUT2D eigenvalue weighted by atomic mass is 10.1. The summed E-state index contributed by atoms with van der Waals surface area (Å²) in [6.07, 6.45) is 0.0569. The lowest BCUT2D eigenvalue weighted by molar-refractivity contribution is -0.132. The second kappa shape index (κ2) is 8.51. The fraction of sp³-hybridized carbons (Fsp3) is 0.250. The first-order valence-electron chi connectivity index (χ1n) is 8.77. The Morgan fingerprint density at radius 3 is 2.57 bits per heavy atom. The Bertz CT molecular complexity index is 885. The Hall–Kier alpha value is -3.42. The highest BCUT2D eigenvalue weighted by Crippen LogP contribution is 2.25. The van der Waals surface area contributed by atoms with Crippen molar-refractivity contribution in [2.75, 3.05) is 18.1 Å². The zero-order chi connectivity index (χ0) is 20.1. The first-order chi connectivity index (χ1) is 13.4. The van der Waals surface area contributed by atoms with Crippen molar-refractivity contribution in [2.45, 2.75) is 13.3 Å². The second-order valence-electron chi connectivity index (χ2n) is 6.50. The number of carbonyl (C=O) groups excluding carboxylic acids is 3. The molecule has 0 saturated carbocycles. The number of anilines is 1. The highest BCUT2D eigenvalue weighted by molar-refractivity contribution is 6.00. The summed E-state index contributed by atoms with van der Waals surface area (Å²) in [6.45, 7) is 1.72. The maximum Gasteiger partial charge on any atom is 0.276 e. The number of para-hydroxylation sites is 1. The average molecular weight is 385 g/mol. The molecule has 28 heavy (non-hydrogen) atoms. The van der Waals surface area contributed by atoms with Crippen LogP contribution in [0.3, 0.4) is 0 Å². The molecule has 0 bridgehead atoms. The molecular weight excluding hydrogens is 365 g/mol. The third kappa shape index (κ3) is 4.64. The predicted octanol–water partition coefficient (Wildman–Crippen LogP) is 1.71. The van der Waals surface area contributed by atoms with Crippen LogP contribution in [0.5, 0.6) is 5.75 Å². The zero-order valence-electron chi connectivity index (χ0n) is 15.3. The molecule has 2 aromatic rings. The van der Waals surface area contributed by atoms with E-state index in [0.29, 0.717) is 0 Å². The second-order valence-corrected chi connectivity index (χ2v) is 6.50. The van der Waals surface area contributed by atoms with Gasteiger partial charge in [0.2, 0.25) is 11.8 Å². The van der Waals surface area contributed by atoms with Gasteiger partial charge in [0.15, 0.2) is 18.2 Å². The van der Waals surface area contributed by atoms with E-state index in [-0.39, 0.29) is 24.6 Å². The van der Waals surface area contributed by atoms with Crippen LogP contribution in [0.15, 0.2) is 48.5 Å². The number of ether oxygens (including phenoxy) is 1. The molecule has 2 aromatic carbocycles. The number of rotatable bonds is 5. The van der Waals surface area contributed by atoms with Crippen LogP contribution in [0.2, 0.25) is 0 Å². The van der Waals surface area contributed by atoms with Crippen LogP contribution < -0.4 is 20.5 Å². The lowest BCUT2D eigenvalue weighted by Crippen LogP contribution is -2.46. The third-order valence-corrected chi connectivity index (χ3v) is 4.36. The summed E-state index contributed by atoms with van der Waals surface area (Å²) < 4.78 is 18.5. The molecule has 1 aliphatic rings. The van der Waals surface area contributed by atoms with E-state index < -0.39 is 30.2 Å².